The van der Waals surface area contributed by atoms with Crippen molar-refractivity contribution in [1.82, 2.24) is 4.90 Å². The van der Waals surface area contributed by atoms with Crippen molar-refractivity contribution in [3.8, 4) is 5.75 Å². The summed E-state index contributed by atoms with van der Waals surface area (Å²) in [6, 6.07) is 5.00. The van der Waals surface area contributed by atoms with Crippen LogP contribution < -0.4 is 4.74 Å². The van der Waals surface area contributed by atoms with Crippen molar-refractivity contribution in [2.75, 3.05) is 26.8 Å². The van der Waals surface area contributed by atoms with Gasteiger partial charge in [-0.2, -0.15) is 0 Å². The number of methoxy groups -OCH3 is 1. The quantitative estimate of drug-likeness (QED) is 0.871. The Morgan fingerprint density at radius 1 is 1.50 bits per heavy atom. The first-order valence-electron chi connectivity index (χ1n) is 6.38. The zero-order chi connectivity index (χ0) is 13.0. The van der Waals surface area contributed by atoms with Crippen LogP contribution in [0.15, 0.2) is 18.2 Å². The predicted octanol–water partition coefficient (Wildman–Crippen LogP) is 2.04. The largest absolute Gasteiger partial charge is 0.497 e. The maximum Gasteiger partial charge on any atom is 0.131 e. The van der Waals surface area contributed by atoms with E-state index in [0.717, 1.165) is 25.9 Å². The standard InChI is InChI=1S/C14H20FNO2/c1-18-13-3-2-12(14(15)8-13)10-16-6-4-11(9-16)5-7-17/h2-3,8,11,17H,4-7,9-10H2,1H3. The summed E-state index contributed by atoms with van der Waals surface area (Å²) in [6.07, 6.45) is 1.94. The Balaban J connectivity index is 1.94. The van der Waals surface area contributed by atoms with Crippen molar-refractivity contribution >= 4 is 0 Å². The molecule has 1 unspecified atom stereocenters. The van der Waals surface area contributed by atoms with Crippen LogP contribution in [0, 0.1) is 11.7 Å². The summed E-state index contributed by atoms with van der Waals surface area (Å²) in [7, 11) is 1.54. The SMILES string of the molecule is COc1ccc(CN2CCC(CCO)C2)c(F)c1. The van der Waals surface area contributed by atoms with Gasteiger partial charge in [-0.1, -0.05) is 6.07 Å². The molecule has 1 heterocycles. The van der Waals surface area contributed by atoms with Gasteiger partial charge < -0.3 is 9.84 Å². The molecule has 0 saturated carbocycles. The Kier molecular flexibility index (Phi) is 4.55. The lowest BCUT2D eigenvalue weighted by atomic mass is 10.1. The number of ether oxygens (including phenoxy) is 1. The van der Waals surface area contributed by atoms with Crippen LogP contribution in [-0.2, 0) is 6.54 Å². The van der Waals surface area contributed by atoms with Crippen LogP contribution in [0.5, 0.6) is 5.75 Å². The monoisotopic (exact) mass is 253 g/mol. The normalized spacial score (nSPS) is 20.3. The Morgan fingerprint density at radius 3 is 3.00 bits per heavy atom. The number of likely N-dealkylation sites (tertiary alicyclic amines) is 1. The Bertz CT molecular complexity index is 397. The molecule has 1 aliphatic rings. The summed E-state index contributed by atoms with van der Waals surface area (Å²) < 4.78 is 18.8. The summed E-state index contributed by atoms with van der Waals surface area (Å²) in [4.78, 5) is 2.24. The number of aliphatic hydroxyl groups is 1. The molecule has 0 amide bonds. The second-order valence-corrected chi connectivity index (χ2v) is 4.86. The molecule has 18 heavy (non-hydrogen) atoms. The maximum absolute atomic E-state index is 13.8. The number of nitrogens with zero attached hydrogens (tertiary/aromatic N) is 1. The second-order valence-electron chi connectivity index (χ2n) is 4.86. The zero-order valence-electron chi connectivity index (χ0n) is 10.7. The summed E-state index contributed by atoms with van der Waals surface area (Å²) in [5.41, 5.74) is 0.709. The van der Waals surface area contributed by atoms with Crippen LogP contribution >= 0.6 is 0 Å². The molecule has 1 N–H and O–H groups in total. The summed E-state index contributed by atoms with van der Waals surface area (Å²) in [5.74, 6) is 0.895. The minimum atomic E-state index is -0.208. The molecular weight excluding hydrogens is 233 g/mol. The van der Waals surface area contributed by atoms with Crippen molar-refractivity contribution in [3.63, 3.8) is 0 Å². The van der Waals surface area contributed by atoms with E-state index >= 15 is 0 Å². The Labute approximate surface area is 107 Å². The van der Waals surface area contributed by atoms with Gasteiger partial charge in [0.25, 0.3) is 0 Å². The number of benzene rings is 1. The first-order valence-corrected chi connectivity index (χ1v) is 6.38. The smallest absolute Gasteiger partial charge is 0.131 e. The number of rotatable bonds is 5. The molecule has 100 valence electrons. The third-order valence-electron chi connectivity index (χ3n) is 3.56. The van der Waals surface area contributed by atoms with Gasteiger partial charge in [0.1, 0.15) is 11.6 Å². The van der Waals surface area contributed by atoms with Crippen LogP contribution in [0.25, 0.3) is 0 Å². The Hall–Kier alpha value is -1.13. The summed E-state index contributed by atoms with van der Waals surface area (Å²) in [6.45, 7) is 2.81. The van der Waals surface area contributed by atoms with Crippen LogP contribution in [-0.4, -0.2) is 36.8 Å². The topological polar surface area (TPSA) is 32.7 Å². The molecule has 1 saturated heterocycles. The molecule has 3 nitrogen and oxygen atoms in total. The molecule has 0 bridgehead atoms. The number of aliphatic hydroxyl groups excluding tert-OH is 1. The van der Waals surface area contributed by atoms with Crippen molar-refractivity contribution in [1.29, 1.82) is 0 Å². The molecule has 1 aliphatic heterocycles. The highest BCUT2D eigenvalue weighted by molar-refractivity contribution is 5.28. The van der Waals surface area contributed by atoms with Crippen molar-refractivity contribution in [3.05, 3.63) is 29.6 Å². The fourth-order valence-corrected chi connectivity index (χ4v) is 2.50. The molecule has 1 atom stereocenters. The lowest BCUT2D eigenvalue weighted by molar-refractivity contribution is 0.248. The first kappa shape index (κ1) is 13.3. The molecular formula is C14H20FNO2. The summed E-state index contributed by atoms with van der Waals surface area (Å²) >= 11 is 0. The van der Waals surface area contributed by atoms with E-state index in [1.807, 2.05) is 0 Å². The van der Waals surface area contributed by atoms with Gasteiger partial charge in [0.15, 0.2) is 0 Å². The van der Waals surface area contributed by atoms with Gasteiger partial charge in [-0.3, -0.25) is 4.90 Å². The lowest BCUT2D eigenvalue weighted by Crippen LogP contribution is -2.21. The minimum absolute atomic E-state index is 0.208. The van der Waals surface area contributed by atoms with Crippen molar-refractivity contribution in [2.45, 2.75) is 19.4 Å². The van der Waals surface area contributed by atoms with Gasteiger partial charge in [-0.25, -0.2) is 4.39 Å². The number of hydrogen-bond acceptors (Lipinski definition) is 3. The Morgan fingerprint density at radius 2 is 2.33 bits per heavy atom. The van der Waals surface area contributed by atoms with E-state index in [1.165, 1.54) is 13.2 Å². The molecule has 1 aromatic rings. The van der Waals surface area contributed by atoms with Crippen molar-refractivity contribution in [2.24, 2.45) is 5.92 Å². The summed E-state index contributed by atoms with van der Waals surface area (Å²) in [5, 5.41) is 8.91. The highest BCUT2D eigenvalue weighted by Crippen LogP contribution is 2.23. The average molecular weight is 253 g/mol. The lowest BCUT2D eigenvalue weighted by Gasteiger charge is -2.16. The first-order chi connectivity index (χ1) is 8.72. The molecule has 1 aromatic carbocycles. The van der Waals surface area contributed by atoms with E-state index in [2.05, 4.69) is 4.90 Å². The van der Waals surface area contributed by atoms with Gasteiger partial charge in [-0.15, -0.1) is 0 Å². The van der Waals surface area contributed by atoms with E-state index in [-0.39, 0.29) is 12.4 Å². The third-order valence-corrected chi connectivity index (χ3v) is 3.56. The number of hydrogen-bond donors (Lipinski definition) is 1. The average Bonchev–Trinajstić information content (AvgIpc) is 2.80. The molecule has 0 radical (unpaired) electrons. The van der Waals surface area contributed by atoms with E-state index < -0.39 is 0 Å². The van der Waals surface area contributed by atoms with E-state index in [1.54, 1.807) is 12.1 Å². The molecule has 0 aromatic heterocycles. The highest BCUT2D eigenvalue weighted by Gasteiger charge is 2.22. The third kappa shape index (κ3) is 3.21. The van der Waals surface area contributed by atoms with E-state index in [4.69, 9.17) is 9.84 Å². The highest BCUT2D eigenvalue weighted by atomic mass is 19.1. The maximum atomic E-state index is 13.8. The van der Waals surface area contributed by atoms with Gasteiger partial charge in [0.2, 0.25) is 0 Å². The van der Waals surface area contributed by atoms with Gasteiger partial charge in [0.05, 0.1) is 7.11 Å². The molecule has 4 heteroatoms. The van der Waals surface area contributed by atoms with Crippen LogP contribution in [0.1, 0.15) is 18.4 Å². The fourth-order valence-electron chi connectivity index (χ4n) is 2.50. The predicted molar refractivity (Wildman–Crippen MR) is 68.0 cm³/mol. The van der Waals surface area contributed by atoms with Gasteiger partial charge in [0, 0.05) is 31.3 Å². The van der Waals surface area contributed by atoms with Crippen LogP contribution in [0.2, 0.25) is 0 Å². The molecule has 0 spiro atoms. The fraction of sp³-hybridized carbons (Fsp3) is 0.571. The van der Waals surface area contributed by atoms with E-state index in [9.17, 15) is 4.39 Å². The molecule has 0 aliphatic carbocycles. The molecule has 2 rings (SSSR count). The molecule has 1 fully saturated rings. The van der Waals surface area contributed by atoms with Crippen LogP contribution in [0.3, 0.4) is 0 Å². The van der Waals surface area contributed by atoms with E-state index in [0.29, 0.717) is 23.8 Å². The second kappa shape index (κ2) is 6.16. The van der Waals surface area contributed by atoms with Gasteiger partial charge >= 0.3 is 0 Å². The zero-order valence-corrected chi connectivity index (χ0v) is 10.7. The minimum Gasteiger partial charge on any atom is -0.497 e. The van der Waals surface area contributed by atoms with Gasteiger partial charge in [-0.05, 0) is 31.4 Å². The van der Waals surface area contributed by atoms with Crippen molar-refractivity contribution < 1.29 is 14.2 Å². The number of halogens is 1. The van der Waals surface area contributed by atoms with Crippen LogP contribution in [0.4, 0.5) is 4.39 Å².